The summed E-state index contributed by atoms with van der Waals surface area (Å²) in [4.78, 5) is 0. The van der Waals surface area contributed by atoms with Gasteiger partial charge in [-0.3, -0.25) is 0 Å². The third-order valence-electron chi connectivity index (χ3n) is 4.19. The van der Waals surface area contributed by atoms with E-state index < -0.39 is 0 Å². The van der Waals surface area contributed by atoms with Crippen molar-refractivity contribution in [2.24, 2.45) is 0 Å². The molecule has 0 aromatic heterocycles. The maximum atomic E-state index is 3.71. The van der Waals surface area contributed by atoms with Gasteiger partial charge in [0.05, 0.1) is 0 Å². The Morgan fingerprint density at radius 3 is 2.47 bits per heavy atom. The lowest BCUT2D eigenvalue weighted by molar-refractivity contribution is 0.512. The van der Waals surface area contributed by atoms with E-state index in [1.807, 2.05) is 0 Å². The van der Waals surface area contributed by atoms with Gasteiger partial charge in [0.25, 0.3) is 0 Å². The SMILES string of the molecule is CCCCCCC(CNC1CC1)c1ccc(C)cc1. The molecule has 0 heterocycles. The molecule has 0 saturated heterocycles. The molecule has 0 radical (unpaired) electrons. The fourth-order valence-corrected chi connectivity index (χ4v) is 2.64. The first-order valence-electron chi connectivity index (χ1n) is 8.09. The Balaban J connectivity index is 1.85. The van der Waals surface area contributed by atoms with Gasteiger partial charge in [-0.2, -0.15) is 0 Å². The summed E-state index contributed by atoms with van der Waals surface area (Å²) in [5.41, 5.74) is 2.89. The summed E-state index contributed by atoms with van der Waals surface area (Å²) in [6, 6.07) is 9.99. The van der Waals surface area contributed by atoms with Gasteiger partial charge in [0.1, 0.15) is 0 Å². The van der Waals surface area contributed by atoms with Gasteiger partial charge < -0.3 is 5.32 Å². The number of hydrogen-bond acceptors (Lipinski definition) is 1. The molecule has 106 valence electrons. The summed E-state index contributed by atoms with van der Waals surface area (Å²) in [6.07, 6.45) is 9.59. The zero-order valence-corrected chi connectivity index (χ0v) is 12.6. The highest BCUT2D eigenvalue weighted by atomic mass is 14.9. The van der Waals surface area contributed by atoms with E-state index in [1.165, 1.54) is 62.6 Å². The number of benzene rings is 1. The number of rotatable bonds is 9. The molecule has 1 fully saturated rings. The fourth-order valence-electron chi connectivity index (χ4n) is 2.64. The van der Waals surface area contributed by atoms with Crippen LogP contribution in [-0.4, -0.2) is 12.6 Å². The molecule has 1 nitrogen and oxygen atoms in total. The van der Waals surface area contributed by atoms with Crippen molar-refractivity contribution in [3.05, 3.63) is 35.4 Å². The smallest absolute Gasteiger partial charge is 0.00684 e. The quantitative estimate of drug-likeness (QED) is 0.628. The van der Waals surface area contributed by atoms with Crippen molar-refractivity contribution in [2.75, 3.05) is 6.54 Å². The molecule has 0 spiro atoms. The van der Waals surface area contributed by atoms with E-state index >= 15 is 0 Å². The molecule has 1 aliphatic rings. The van der Waals surface area contributed by atoms with Crippen LogP contribution < -0.4 is 5.32 Å². The molecule has 0 bridgehead atoms. The number of aryl methyl sites for hydroxylation is 1. The second kappa shape index (κ2) is 7.69. The molecule has 1 unspecified atom stereocenters. The topological polar surface area (TPSA) is 12.0 Å². The van der Waals surface area contributed by atoms with Gasteiger partial charge in [-0.15, -0.1) is 0 Å². The molecule has 1 saturated carbocycles. The second-order valence-electron chi connectivity index (χ2n) is 6.14. The minimum absolute atomic E-state index is 0.707. The van der Waals surface area contributed by atoms with Gasteiger partial charge >= 0.3 is 0 Å². The van der Waals surface area contributed by atoms with Crippen molar-refractivity contribution in [1.82, 2.24) is 5.32 Å². The van der Waals surface area contributed by atoms with E-state index in [0.717, 1.165) is 6.04 Å². The fraction of sp³-hybridized carbons (Fsp3) is 0.667. The van der Waals surface area contributed by atoms with Gasteiger partial charge in [0, 0.05) is 12.6 Å². The van der Waals surface area contributed by atoms with Gasteiger partial charge in [-0.1, -0.05) is 62.4 Å². The Hall–Kier alpha value is -0.820. The standard InChI is InChI=1S/C18H29N/c1-3-4-5-6-7-17(14-19-18-12-13-18)16-10-8-15(2)9-11-16/h8-11,17-19H,3-7,12-14H2,1-2H3. The van der Waals surface area contributed by atoms with E-state index in [1.54, 1.807) is 0 Å². The van der Waals surface area contributed by atoms with Gasteiger partial charge in [0.2, 0.25) is 0 Å². The van der Waals surface area contributed by atoms with Crippen molar-refractivity contribution < 1.29 is 0 Å². The minimum atomic E-state index is 0.707. The molecule has 1 aliphatic carbocycles. The van der Waals surface area contributed by atoms with Gasteiger partial charge in [0.15, 0.2) is 0 Å². The molecule has 19 heavy (non-hydrogen) atoms. The largest absolute Gasteiger partial charge is 0.313 e. The molecule has 1 atom stereocenters. The maximum absolute atomic E-state index is 3.71. The average Bonchev–Trinajstić information content (AvgIpc) is 3.23. The Bertz CT molecular complexity index is 350. The first-order valence-corrected chi connectivity index (χ1v) is 8.09. The van der Waals surface area contributed by atoms with Crippen LogP contribution in [0.3, 0.4) is 0 Å². The highest BCUT2D eigenvalue weighted by molar-refractivity contribution is 5.24. The zero-order valence-electron chi connectivity index (χ0n) is 12.6. The molecule has 2 rings (SSSR count). The molecular weight excluding hydrogens is 230 g/mol. The Kier molecular flexibility index (Phi) is 5.91. The van der Waals surface area contributed by atoms with E-state index in [9.17, 15) is 0 Å². The van der Waals surface area contributed by atoms with Crippen LogP contribution in [0.2, 0.25) is 0 Å². The van der Waals surface area contributed by atoms with Gasteiger partial charge in [-0.05, 0) is 37.7 Å². The van der Waals surface area contributed by atoms with Gasteiger partial charge in [-0.25, -0.2) is 0 Å². The summed E-state index contributed by atoms with van der Waals surface area (Å²) in [7, 11) is 0. The van der Waals surface area contributed by atoms with Crippen LogP contribution >= 0.6 is 0 Å². The number of hydrogen-bond donors (Lipinski definition) is 1. The van der Waals surface area contributed by atoms with Crippen molar-refractivity contribution >= 4 is 0 Å². The van der Waals surface area contributed by atoms with Crippen LogP contribution in [-0.2, 0) is 0 Å². The van der Waals surface area contributed by atoms with Crippen LogP contribution in [0.25, 0.3) is 0 Å². The van der Waals surface area contributed by atoms with Crippen LogP contribution in [0.15, 0.2) is 24.3 Å². The lowest BCUT2D eigenvalue weighted by atomic mass is 9.92. The lowest BCUT2D eigenvalue weighted by Crippen LogP contribution is -2.23. The molecular formula is C18H29N. The zero-order chi connectivity index (χ0) is 13.5. The summed E-state index contributed by atoms with van der Waals surface area (Å²) in [5, 5.41) is 3.71. The summed E-state index contributed by atoms with van der Waals surface area (Å²) >= 11 is 0. The molecule has 1 N–H and O–H groups in total. The van der Waals surface area contributed by atoms with Crippen LogP contribution in [0.4, 0.5) is 0 Å². The maximum Gasteiger partial charge on any atom is 0.00684 e. The molecule has 1 aromatic rings. The number of nitrogens with one attached hydrogen (secondary N) is 1. The van der Waals surface area contributed by atoms with Crippen LogP contribution in [0.5, 0.6) is 0 Å². The normalized spacial score (nSPS) is 16.5. The highest BCUT2D eigenvalue weighted by Crippen LogP contribution is 2.25. The average molecular weight is 259 g/mol. The van der Waals surface area contributed by atoms with Crippen molar-refractivity contribution in [3.8, 4) is 0 Å². The van der Waals surface area contributed by atoms with E-state index in [2.05, 4.69) is 43.4 Å². The third kappa shape index (κ3) is 5.36. The van der Waals surface area contributed by atoms with Crippen molar-refractivity contribution in [1.29, 1.82) is 0 Å². The first kappa shape index (κ1) is 14.6. The van der Waals surface area contributed by atoms with E-state index in [-0.39, 0.29) is 0 Å². The molecule has 0 aliphatic heterocycles. The summed E-state index contributed by atoms with van der Waals surface area (Å²) in [5.74, 6) is 0.707. The van der Waals surface area contributed by atoms with E-state index in [0.29, 0.717) is 5.92 Å². The Morgan fingerprint density at radius 2 is 1.84 bits per heavy atom. The summed E-state index contributed by atoms with van der Waals surface area (Å²) < 4.78 is 0. The van der Waals surface area contributed by atoms with Crippen molar-refractivity contribution in [2.45, 2.75) is 70.8 Å². The minimum Gasteiger partial charge on any atom is -0.313 e. The predicted molar refractivity (Wildman–Crippen MR) is 83.7 cm³/mol. The monoisotopic (exact) mass is 259 g/mol. The van der Waals surface area contributed by atoms with Crippen LogP contribution in [0.1, 0.15) is 68.9 Å². The number of unbranched alkanes of at least 4 members (excludes halogenated alkanes) is 3. The molecule has 1 aromatic carbocycles. The lowest BCUT2D eigenvalue weighted by Gasteiger charge is -2.18. The van der Waals surface area contributed by atoms with Crippen molar-refractivity contribution in [3.63, 3.8) is 0 Å². The van der Waals surface area contributed by atoms with E-state index in [4.69, 9.17) is 0 Å². The predicted octanol–water partition coefficient (Wildman–Crippen LogP) is 4.80. The molecule has 0 amide bonds. The Morgan fingerprint density at radius 1 is 1.11 bits per heavy atom. The third-order valence-corrected chi connectivity index (χ3v) is 4.19. The Labute approximate surface area is 118 Å². The van der Waals surface area contributed by atoms with Crippen LogP contribution in [0, 0.1) is 6.92 Å². The summed E-state index contributed by atoms with van der Waals surface area (Å²) in [6.45, 7) is 5.62. The first-order chi connectivity index (χ1) is 9.29. The molecule has 1 heteroatoms. The second-order valence-corrected chi connectivity index (χ2v) is 6.14. The highest BCUT2D eigenvalue weighted by Gasteiger charge is 2.22.